The molecule has 29 heavy (non-hydrogen) atoms. The van der Waals surface area contributed by atoms with E-state index in [9.17, 15) is 4.79 Å². The normalized spacial score (nSPS) is 11.2. The number of para-hydroxylation sites is 1. The molecule has 0 radical (unpaired) electrons. The second-order valence-corrected chi connectivity index (χ2v) is 8.29. The molecule has 1 N–H and O–H groups in total. The predicted octanol–water partition coefficient (Wildman–Crippen LogP) is 4.74. The Hall–Kier alpha value is -3.23. The first-order chi connectivity index (χ1) is 14.3. The highest BCUT2D eigenvalue weighted by molar-refractivity contribution is 7.99. The maximum absolute atomic E-state index is 12.3. The summed E-state index contributed by atoms with van der Waals surface area (Å²) in [5.41, 5.74) is 3.56. The number of thioether (sulfide) groups is 1. The Bertz CT molecular complexity index is 1280. The summed E-state index contributed by atoms with van der Waals surface area (Å²) in [5.74, 6) is 0.172. The van der Waals surface area contributed by atoms with Crippen LogP contribution in [0.3, 0.4) is 0 Å². The van der Waals surface area contributed by atoms with Gasteiger partial charge in [-0.2, -0.15) is 0 Å². The van der Waals surface area contributed by atoms with Crippen LogP contribution in [0.25, 0.3) is 26.4 Å². The van der Waals surface area contributed by atoms with Crippen molar-refractivity contribution in [2.24, 2.45) is 0 Å². The molecule has 6 nitrogen and oxygen atoms in total. The third-order valence-corrected chi connectivity index (χ3v) is 6.35. The number of benzene rings is 2. The Morgan fingerprint density at radius 2 is 1.83 bits per heavy atom. The number of thiazole rings is 1. The summed E-state index contributed by atoms with van der Waals surface area (Å²) in [6, 6.07) is 21.5. The average molecular weight is 418 g/mol. The largest absolute Gasteiger partial charge is 0.325 e. The van der Waals surface area contributed by atoms with Gasteiger partial charge in [0, 0.05) is 17.4 Å². The number of aromatic nitrogens is 4. The number of nitrogens with one attached hydrogen (secondary N) is 1. The molecule has 0 unspecified atom stereocenters. The summed E-state index contributed by atoms with van der Waals surface area (Å²) in [5, 5.41) is 12.8. The third-order valence-electron chi connectivity index (χ3n) is 4.32. The highest BCUT2D eigenvalue weighted by atomic mass is 32.2. The van der Waals surface area contributed by atoms with Gasteiger partial charge in [0.1, 0.15) is 5.01 Å². The maximum atomic E-state index is 12.3. The van der Waals surface area contributed by atoms with Gasteiger partial charge in [0.2, 0.25) is 5.91 Å². The van der Waals surface area contributed by atoms with Gasteiger partial charge >= 0.3 is 0 Å². The molecular weight excluding hydrogens is 402 g/mol. The molecule has 8 heteroatoms. The molecule has 0 saturated heterocycles. The number of amides is 1. The van der Waals surface area contributed by atoms with Crippen LogP contribution < -0.4 is 5.32 Å². The van der Waals surface area contributed by atoms with Crippen molar-refractivity contribution in [2.45, 2.75) is 5.16 Å². The summed E-state index contributed by atoms with van der Waals surface area (Å²) < 4.78 is 3.03. The number of anilines is 1. The fourth-order valence-corrected chi connectivity index (χ4v) is 4.63. The Balaban J connectivity index is 1.24. The number of pyridine rings is 1. The van der Waals surface area contributed by atoms with Gasteiger partial charge in [0.05, 0.1) is 16.0 Å². The molecule has 0 atom stereocenters. The predicted molar refractivity (Wildman–Crippen MR) is 117 cm³/mol. The van der Waals surface area contributed by atoms with Gasteiger partial charge in [-0.3, -0.25) is 9.20 Å². The molecule has 142 valence electrons. The lowest BCUT2D eigenvalue weighted by Gasteiger charge is -2.05. The van der Waals surface area contributed by atoms with Crippen LogP contribution in [-0.4, -0.2) is 31.2 Å². The Labute approximate surface area is 174 Å². The van der Waals surface area contributed by atoms with Crippen molar-refractivity contribution in [3.05, 3.63) is 72.9 Å². The van der Waals surface area contributed by atoms with Crippen LogP contribution in [0.15, 0.2) is 78.1 Å². The van der Waals surface area contributed by atoms with Crippen LogP contribution in [0.1, 0.15) is 0 Å². The van der Waals surface area contributed by atoms with E-state index in [1.165, 1.54) is 11.8 Å². The number of nitrogens with zero attached hydrogens (tertiary/aromatic N) is 4. The fourth-order valence-electron chi connectivity index (χ4n) is 2.94. The van der Waals surface area contributed by atoms with Crippen molar-refractivity contribution in [1.29, 1.82) is 0 Å². The number of hydrogen-bond donors (Lipinski definition) is 1. The Morgan fingerprint density at radius 3 is 2.69 bits per heavy atom. The number of carbonyl (C=O) groups is 1. The lowest BCUT2D eigenvalue weighted by molar-refractivity contribution is -0.113. The third kappa shape index (κ3) is 3.72. The molecule has 0 aliphatic heterocycles. The minimum absolute atomic E-state index is 0.0876. The molecule has 0 aliphatic rings. The molecule has 5 aromatic rings. The summed E-state index contributed by atoms with van der Waals surface area (Å²) >= 11 is 3.02. The number of hydrogen-bond acceptors (Lipinski definition) is 6. The van der Waals surface area contributed by atoms with Crippen LogP contribution in [0.2, 0.25) is 0 Å². The highest BCUT2D eigenvalue weighted by Gasteiger charge is 2.10. The Kier molecular flexibility index (Phi) is 4.71. The molecule has 1 amide bonds. The topological polar surface area (TPSA) is 72.2 Å². The first-order valence-electron chi connectivity index (χ1n) is 8.95. The van der Waals surface area contributed by atoms with Gasteiger partial charge in [-0.05, 0) is 48.5 Å². The zero-order valence-corrected chi connectivity index (χ0v) is 16.8. The molecular formula is C21H15N5OS2. The van der Waals surface area contributed by atoms with Gasteiger partial charge in [0.25, 0.3) is 0 Å². The van der Waals surface area contributed by atoms with Gasteiger partial charge in [-0.25, -0.2) is 4.98 Å². The van der Waals surface area contributed by atoms with E-state index < -0.39 is 0 Å². The number of carbonyl (C=O) groups excluding carboxylic acids is 1. The van der Waals surface area contributed by atoms with Crippen LogP contribution in [-0.2, 0) is 4.79 Å². The van der Waals surface area contributed by atoms with Crippen LogP contribution in [0, 0.1) is 0 Å². The lowest BCUT2D eigenvalue weighted by atomic mass is 10.2. The number of fused-ring (bicyclic) bond motifs is 2. The van der Waals surface area contributed by atoms with E-state index in [0.29, 0.717) is 5.16 Å². The summed E-state index contributed by atoms with van der Waals surface area (Å²) in [4.78, 5) is 17.0. The fraction of sp³-hybridized carbons (Fsp3) is 0.0476. The monoisotopic (exact) mass is 417 g/mol. The van der Waals surface area contributed by atoms with Crippen molar-refractivity contribution in [1.82, 2.24) is 19.6 Å². The molecule has 3 aromatic heterocycles. The summed E-state index contributed by atoms with van der Waals surface area (Å²) in [6.07, 6.45) is 1.89. The number of rotatable bonds is 5. The van der Waals surface area contributed by atoms with E-state index in [0.717, 1.165) is 32.1 Å². The molecule has 0 saturated carbocycles. The van der Waals surface area contributed by atoms with Crippen molar-refractivity contribution in [2.75, 3.05) is 11.1 Å². The molecule has 0 bridgehead atoms. The molecule has 0 fully saturated rings. The molecule has 2 aromatic carbocycles. The molecule has 5 rings (SSSR count). The average Bonchev–Trinajstić information content (AvgIpc) is 3.37. The quantitative estimate of drug-likeness (QED) is 0.418. The molecule has 0 aliphatic carbocycles. The van der Waals surface area contributed by atoms with Gasteiger partial charge in [-0.15, -0.1) is 21.5 Å². The van der Waals surface area contributed by atoms with Gasteiger partial charge in [-0.1, -0.05) is 30.0 Å². The van der Waals surface area contributed by atoms with Crippen molar-refractivity contribution >= 4 is 50.6 Å². The smallest absolute Gasteiger partial charge is 0.234 e. The SMILES string of the molecule is O=C(CSc1nnc2ccccn12)Nc1ccc(-c2nc3ccccc3s2)cc1. The maximum Gasteiger partial charge on any atom is 0.234 e. The van der Waals surface area contributed by atoms with E-state index in [1.54, 1.807) is 11.3 Å². The van der Waals surface area contributed by atoms with E-state index in [1.807, 2.05) is 71.3 Å². The minimum Gasteiger partial charge on any atom is -0.325 e. The highest BCUT2D eigenvalue weighted by Crippen LogP contribution is 2.30. The van der Waals surface area contributed by atoms with E-state index in [-0.39, 0.29) is 11.7 Å². The van der Waals surface area contributed by atoms with Crippen LogP contribution in [0.4, 0.5) is 5.69 Å². The first kappa shape index (κ1) is 17.8. The van der Waals surface area contributed by atoms with Crippen LogP contribution >= 0.6 is 23.1 Å². The summed E-state index contributed by atoms with van der Waals surface area (Å²) in [6.45, 7) is 0. The molecule has 3 heterocycles. The second kappa shape index (κ2) is 7.65. The van der Waals surface area contributed by atoms with Crippen molar-refractivity contribution in [3.8, 4) is 10.6 Å². The standard InChI is InChI=1S/C21H15N5OS2/c27-19(13-28-21-25-24-18-7-3-4-12-26(18)21)22-15-10-8-14(9-11-15)20-23-16-5-1-2-6-17(16)29-20/h1-12H,13H2,(H,22,27). The van der Waals surface area contributed by atoms with E-state index in [2.05, 4.69) is 26.6 Å². The Morgan fingerprint density at radius 1 is 1.00 bits per heavy atom. The van der Waals surface area contributed by atoms with E-state index >= 15 is 0 Å². The summed E-state index contributed by atoms with van der Waals surface area (Å²) in [7, 11) is 0. The van der Waals surface area contributed by atoms with Crippen LogP contribution in [0.5, 0.6) is 0 Å². The van der Waals surface area contributed by atoms with Crippen molar-refractivity contribution in [3.63, 3.8) is 0 Å². The minimum atomic E-state index is -0.0876. The molecule has 0 spiro atoms. The van der Waals surface area contributed by atoms with Gasteiger partial charge in [0.15, 0.2) is 10.8 Å². The lowest BCUT2D eigenvalue weighted by Crippen LogP contribution is -2.14. The van der Waals surface area contributed by atoms with Gasteiger partial charge < -0.3 is 5.32 Å². The first-order valence-corrected chi connectivity index (χ1v) is 10.7. The van der Waals surface area contributed by atoms with Crippen molar-refractivity contribution < 1.29 is 4.79 Å². The zero-order valence-electron chi connectivity index (χ0n) is 15.1. The second-order valence-electron chi connectivity index (χ2n) is 6.31. The zero-order chi connectivity index (χ0) is 19.6. The van der Waals surface area contributed by atoms with E-state index in [4.69, 9.17) is 0 Å².